The quantitative estimate of drug-likeness (QED) is 0.0404. The molecule has 1 unspecified atom stereocenters. The van der Waals surface area contributed by atoms with Crippen molar-refractivity contribution in [2.24, 2.45) is 0 Å². The first kappa shape index (κ1) is 39.6. The van der Waals surface area contributed by atoms with Crippen molar-refractivity contribution in [3.05, 3.63) is 48.6 Å². The number of carbonyl (C=O) groups excluding carboxylic acids is 4. The summed E-state index contributed by atoms with van der Waals surface area (Å²) in [5.41, 5.74) is -2.31. The molecule has 0 aromatic rings. The maximum absolute atomic E-state index is 13.1. The van der Waals surface area contributed by atoms with Crippen LogP contribution in [-0.2, 0) is 52.3 Å². The van der Waals surface area contributed by atoms with Crippen molar-refractivity contribution in [1.82, 2.24) is 0 Å². The van der Waals surface area contributed by atoms with E-state index in [0.29, 0.717) is 0 Å². The van der Waals surface area contributed by atoms with E-state index in [0.717, 1.165) is 27.7 Å². The summed E-state index contributed by atoms with van der Waals surface area (Å²) in [6.45, 7) is 12.9. The largest absolute Gasteiger partial charge is 0.419 e. The lowest BCUT2D eigenvalue weighted by Gasteiger charge is -2.59. The van der Waals surface area contributed by atoms with Crippen molar-refractivity contribution < 1.29 is 93.2 Å². The molecule has 0 aromatic heterocycles. The van der Waals surface area contributed by atoms with Crippen LogP contribution in [0, 0.1) is 0 Å². The van der Waals surface area contributed by atoms with E-state index in [9.17, 15) is 60.0 Å². The van der Waals surface area contributed by atoms with Gasteiger partial charge in [0.15, 0.2) is 6.10 Å². The van der Waals surface area contributed by atoms with Crippen LogP contribution in [0.15, 0.2) is 48.6 Å². The summed E-state index contributed by atoms with van der Waals surface area (Å²) in [6.07, 6.45) is -9.17. The Morgan fingerprint density at radius 1 is 0.660 bits per heavy atom. The molecule has 2 aliphatic heterocycles. The van der Waals surface area contributed by atoms with Crippen LogP contribution in [0.1, 0.15) is 27.7 Å². The molecular weight excluding hydrogens is 640 g/mol. The second-order valence-corrected chi connectivity index (χ2v) is 10.9. The molecule has 2 saturated heterocycles. The first-order valence-electron chi connectivity index (χ1n) is 13.5. The first-order chi connectivity index (χ1) is 21.5. The molecule has 19 heteroatoms. The van der Waals surface area contributed by atoms with Gasteiger partial charge in [0.1, 0.15) is 24.9 Å². The van der Waals surface area contributed by atoms with E-state index in [1.165, 1.54) is 0 Å². The molecule has 9 atom stereocenters. The van der Waals surface area contributed by atoms with Crippen LogP contribution in [-0.4, -0.2) is 138 Å². The van der Waals surface area contributed by atoms with Gasteiger partial charge in [-0.3, -0.25) is 9.47 Å². The van der Waals surface area contributed by atoms with Gasteiger partial charge in [0.05, 0.1) is 13.2 Å². The third-order valence-corrected chi connectivity index (χ3v) is 6.82. The van der Waals surface area contributed by atoms with Gasteiger partial charge in [0, 0.05) is 22.3 Å². The molecule has 2 aliphatic rings. The Morgan fingerprint density at radius 3 is 1.47 bits per heavy atom. The zero-order valence-corrected chi connectivity index (χ0v) is 25.8. The Bertz CT molecular complexity index is 1340. The predicted molar refractivity (Wildman–Crippen MR) is 148 cm³/mol. The predicted octanol–water partition coefficient (Wildman–Crippen LogP) is -3.61. The van der Waals surface area contributed by atoms with Crippen LogP contribution in [0.3, 0.4) is 0 Å². The number of hydrogen-bond acceptors (Lipinski definition) is 19. The smallest absolute Gasteiger partial charge is 0.410 e. The molecule has 264 valence electrons. The highest BCUT2D eigenvalue weighted by Gasteiger charge is 2.89. The third-order valence-electron chi connectivity index (χ3n) is 6.82. The maximum atomic E-state index is 13.1. The molecule has 19 nitrogen and oxygen atoms in total. The molecule has 0 radical (unpaired) electrons. The normalized spacial score (nSPS) is 36.5. The number of hydrogen-bond donors (Lipinski definition) is 8. The summed E-state index contributed by atoms with van der Waals surface area (Å²) in [5.74, 6) is -27.5. The van der Waals surface area contributed by atoms with Gasteiger partial charge < -0.3 is 64.5 Å². The Hall–Kier alpha value is -3.60. The molecule has 0 aliphatic carbocycles. The van der Waals surface area contributed by atoms with Crippen LogP contribution in [0.4, 0.5) is 0 Å². The molecular formula is C28H38O19. The maximum Gasteiger partial charge on any atom is 0.410 e. The van der Waals surface area contributed by atoms with Crippen molar-refractivity contribution in [2.45, 2.75) is 81.2 Å². The number of aliphatic hydroxyl groups is 8. The highest BCUT2D eigenvalue weighted by molar-refractivity contribution is 5.90. The summed E-state index contributed by atoms with van der Waals surface area (Å²) < 4.78 is 36.2. The fourth-order valence-corrected chi connectivity index (χ4v) is 4.15. The van der Waals surface area contributed by atoms with E-state index in [2.05, 4.69) is 26.3 Å². The van der Waals surface area contributed by atoms with E-state index >= 15 is 0 Å². The minimum Gasteiger partial charge on any atom is -0.419 e. The summed E-state index contributed by atoms with van der Waals surface area (Å²) in [5, 5.41) is 88.0. The van der Waals surface area contributed by atoms with Gasteiger partial charge in [-0.05, 0) is 27.7 Å². The Morgan fingerprint density at radius 2 is 1.09 bits per heavy atom. The van der Waals surface area contributed by atoms with E-state index in [1.807, 2.05) is 0 Å². The Balaban J connectivity index is 3.21. The van der Waals surface area contributed by atoms with Crippen LogP contribution in [0.2, 0.25) is 0 Å². The van der Waals surface area contributed by atoms with E-state index in [-0.39, 0.29) is 0 Å². The van der Waals surface area contributed by atoms with Crippen LogP contribution in [0.5, 0.6) is 0 Å². The molecule has 0 saturated carbocycles. The zero-order chi connectivity index (χ0) is 36.5. The fourth-order valence-electron chi connectivity index (χ4n) is 4.15. The number of aliphatic hydroxyl groups excluding tert-OH is 5. The number of ether oxygens (including phenoxy) is 7. The zero-order valence-electron chi connectivity index (χ0n) is 25.8. The fraction of sp³-hybridized carbons (Fsp3) is 0.571. The van der Waals surface area contributed by atoms with Crippen molar-refractivity contribution in [1.29, 1.82) is 0 Å². The minimum atomic E-state index is -4.62. The van der Waals surface area contributed by atoms with Gasteiger partial charge in [-0.25, -0.2) is 19.2 Å². The lowest BCUT2D eigenvalue weighted by atomic mass is 9.85. The highest BCUT2D eigenvalue weighted by atomic mass is 17.0. The molecule has 47 heavy (non-hydrogen) atoms. The lowest BCUT2D eigenvalue weighted by molar-refractivity contribution is -0.614. The van der Waals surface area contributed by atoms with Crippen molar-refractivity contribution in [2.75, 3.05) is 19.8 Å². The highest BCUT2D eigenvalue weighted by Crippen LogP contribution is 2.55. The summed E-state index contributed by atoms with van der Waals surface area (Å²) in [7, 11) is 0. The topological polar surface area (TPSA) is 295 Å². The lowest BCUT2D eigenvalue weighted by Crippen LogP contribution is -2.88. The molecule has 8 N–H and O–H groups in total. The third kappa shape index (κ3) is 6.60. The molecule has 2 fully saturated rings. The van der Waals surface area contributed by atoms with Crippen molar-refractivity contribution >= 4 is 23.9 Å². The molecule has 0 spiro atoms. The standard InChI is InChI=1S/C28H38O19/c1-12(2)20(34)43-25(38)17(10-30)42-28(46-23(37)15(7)8,47-24(11-31)19(33)18(32)16(9-29)41-24)27(40,45-22(36)14(5)6)26(25,39)44-21(35)13(3)4/h16-19,29-33,38-40H,1,3,5,7,9-11H2,2,4,6,8H3/t16-,17-,18-,19+,24?,25+,26-,27+,28+/m1/s1. The SMILES string of the molecule is C=C(C)C(=O)O[C@@]1(OC2(CO)O[C@H](CO)[C@@H](O)[C@@H]2O)O[C@H](CO)[C@](O)(OC(=O)C(=C)C)[C@@](O)(OC(=O)C(=C)C)[C@]1(O)OC(=O)C(=C)C. The number of carbonyl (C=O) groups is 4. The van der Waals surface area contributed by atoms with Crippen LogP contribution >= 0.6 is 0 Å². The molecule has 0 bridgehead atoms. The van der Waals surface area contributed by atoms with Crippen molar-refractivity contribution in [3.63, 3.8) is 0 Å². The van der Waals surface area contributed by atoms with E-state index in [1.54, 1.807) is 0 Å². The van der Waals surface area contributed by atoms with Gasteiger partial charge in [-0.1, -0.05) is 26.3 Å². The van der Waals surface area contributed by atoms with Crippen LogP contribution in [0.25, 0.3) is 0 Å². The number of rotatable bonds is 13. The Kier molecular flexibility index (Phi) is 11.7. The minimum absolute atomic E-state index is 0.515. The summed E-state index contributed by atoms with van der Waals surface area (Å²) in [6, 6.07) is 0. The second kappa shape index (κ2) is 13.9. The van der Waals surface area contributed by atoms with Gasteiger partial charge in [-0.2, -0.15) is 0 Å². The monoisotopic (exact) mass is 678 g/mol. The first-order valence-corrected chi connectivity index (χ1v) is 13.5. The van der Waals surface area contributed by atoms with Gasteiger partial charge >= 0.3 is 47.2 Å². The average Bonchev–Trinajstić information content (AvgIpc) is 3.22. The molecule has 2 rings (SSSR count). The van der Waals surface area contributed by atoms with Gasteiger partial charge in [0.2, 0.25) is 5.79 Å². The molecule has 0 amide bonds. The van der Waals surface area contributed by atoms with Gasteiger partial charge in [0.25, 0.3) is 0 Å². The molecule has 0 aromatic carbocycles. The number of esters is 4. The van der Waals surface area contributed by atoms with Gasteiger partial charge in [-0.15, -0.1) is 0 Å². The average molecular weight is 679 g/mol. The summed E-state index contributed by atoms with van der Waals surface area (Å²) >= 11 is 0. The van der Waals surface area contributed by atoms with Crippen LogP contribution < -0.4 is 0 Å². The van der Waals surface area contributed by atoms with E-state index < -0.39 is 120 Å². The summed E-state index contributed by atoms with van der Waals surface area (Å²) in [4.78, 5) is 51.8. The van der Waals surface area contributed by atoms with E-state index in [4.69, 9.17) is 33.2 Å². The molecule has 2 heterocycles. The van der Waals surface area contributed by atoms with Crippen molar-refractivity contribution in [3.8, 4) is 0 Å². The Labute approximate surface area is 267 Å². The second-order valence-electron chi connectivity index (χ2n) is 10.9.